The molecule has 39 heavy (non-hydrogen) atoms. The summed E-state index contributed by atoms with van der Waals surface area (Å²) in [7, 11) is -3.42. The summed E-state index contributed by atoms with van der Waals surface area (Å²) in [5, 5.41) is 21.6. The summed E-state index contributed by atoms with van der Waals surface area (Å²) in [5.41, 5.74) is 1.94. The van der Waals surface area contributed by atoms with E-state index in [1.807, 2.05) is 6.07 Å². The molecule has 0 heterocycles. The van der Waals surface area contributed by atoms with E-state index in [0.29, 0.717) is 24.2 Å². The molecule has 3 aromatic rings. The van der Waals surface area contributed by atoms with E-state index in [1.54, 1.807) is 36.2 Å². The molecule has 8 nitrogen and oxygen atoms in total. The standard InChI is InChI=1S/C27H26Cl2NO7PS/c1-39(35,36)21-7-3-5-18(13-21)16-24(27(33)34)30-26(32)25-22(28)14-19(15-23(25)29)9-11-38-37-10-8-17-4-2-6-20(31)12-17/h2-7,9,11-15,24,31,38H,8,10,16H2,1H3,(H,30,32)(H,33,34)/b11-9+/t24-/m0/s1. The second-order valence-corrected chi connectivity index (χ2v) is 12.3. The lowest BCUT2D eigenvalue weighted by Crippen LogP contribution is -2.42. The van der Waals surface area contributed by atoms with Gasteiger partial charge in [0, 0.05) is 21.5 Å². The second kappa shape index (κ2) is 13.9. The fourth-order valence-corrected chi connectivity index (χ4v) is 5.54. The number of phenols is 1. The Labute approximate surface area is 238 Å². The van der Waals surface area contributed by atoms with Gasteiger partial charge in [0.15, 0.2) is 9.84 Å². The van der Waals surface area contributed by atoms with E-state index in [-0.39, 0.29) is 41.5 Å². The van der Waals surface area contributed by atoms with Crippen LogP contribution in [0, 0.1) is 0 Å². The molecule has 0 saturated heterocycles. The molecule has 0 fully saturated rings. The minimum absolute atomic E-state index is 0.0380. The highest BCUT2D eigenvalue weighted by Gasteiger charge is 2.24. The van der Waals surface area contributed by atoms with Crippen molar-refractivity contribution in [3.05, 3.63) is 98.8 Å². The van der Waals surface area contributed by atoms with Crippen molar-refractivity contribution in [1.82, 2.24) is 5.32 Å². The van der Waals surface area contributed by atoms with Crippen molar-refractivity contribution in [1.29, 1.82) is 0 Å². The summed E-state index contributed by atoms with van der Waals surface area (Å²) in [6, 6.07) is 14.5. The van der Waals surface area contributed by atoms with E-state index >= 15 is 0 Å². The number of carboxylic acids is 1. The van der Waals surface area contributed by atoms with Gasteiger partial charge in [-0.3, -0.25) is 4.79 Å². The highest BCUT2D eigenvalue weighted by molar-refractivity contribution is 7.90. The highest BCUT2D eigenvalue weighted by atomic mass is 35.5. The van der Waals surface area contributed by atoms with Gasteiger partial charge in [0.1, 0.15) is 11.8 Å². The monoisotopic (exact) mass is 609 g/mol. The maximum Gasteiger partial charge on any atom is 0.326 e. The number of aliphatic carboxylic acids is 1. The molecule has 12 heteroatoms. The van der Waals surface area contributed by atoms with Crippen molar-refractivity contribution in [3.63, 3.8) is 0 Å². The van der Waals surface area contributed by atoms with Crippen molar-refractivity contribution in [2.45, 2.75) is 23.8 Å². The fraction of sp³-hybridized carbons (Fsp3) is 0.185. The summed E-state index contributed by atoms with van der Waals surface area (Å²) in [5.74, 6) is -0.0807. The Morgan fingerprint density at radius 3 is 2.36 bits per heavy atom. The van der Waals surface area contributed by atoms with Gasteiger partial charge in [0.25, 0.3) is 5.91 Å². The number of hydrogen-bond acceptors (Lipinski definition) is 6. The number of hydrogen-bond donors (Lipinski definition) is 3. The van der Waals surface area contributed by atoms with Gasteiger partial charge in [-0.1, -0.05) is 53.5 Å². The first-order valence-corrected chi connectivity index (χ1v) is 15.2. The zero-order valence-electron chi connectivity index (χ0n) is 20.7. The van der Waals surface area contributed by atoms with Gasteiger partial charge in [0.2, 0.25) is 0 Å². The first-order chi connectivity index (χ1) is 18.4. The van der Waals surface area contributed by atoms with Crippen LogP contribution in [0.2, 0.25) is 10.0 Å². The van der Waals surface area contributed by atoms with Crippen molar-refractivity contribution in [3.8, 4) is 5.75 Å². The number of phenolic OH excluding ortho intramolecular Hbond substituents is 1. The van der Waals surface area contributed by atoms with Crippen LogP contribution >= 0.6 is 32.0 Å². The van der Waals surface area contributed by atoms with Gasteiger partial charge in [-0.15, -0.1) is 0 Å². The number of rotatable bonds is 12. The van der Waals surface area contributed by atoms with Crippen LogP contribution in [-0.4, -0.2) is 49.4 Å². The van der Waals surface area contributed by atoms with Gasteiger partial charge < -0.3 is 20.1 Å². The zero-order chi connectivity index (χ0) is 28.6. The first kappa shape index (κ1) is 30.6. The Hall–Kier alpha value is -2.94. The van der Waals surface area contributed by atoms with E-state index in [0.717, 1.165) is 11.8 Å². The number of sulfone groups is 1. The maximum absolute atomic E-state index is 12.9. The molecule has 3 N–H and O–H groups in total. The Balaban J connectivity index is 1.61. The topological polar surface area (TPSA) is 130 Å². The molecular formula is C27H26Cl2NO7PS. The highest BCUT2D eigenvalue weighted by Crippen LogP contribution is 2.29. The number of aromatic hydroxyl groups is 1. The van der Waals surface area contributed by atoms with Gasteiger partial charge in [-0.05, 0) is 65.3 Å². The smallest absolute Gasteiger partial charge is 0.326 e. The van der Waals surface area contributed by atoms with Crippen LogP contribution < -0.4 is 5.32 Å². The molecule has 2 atom stereocenters. The summed E-state index contributed by atoms with van der Waals surface area (Å²) in [6.45, 7) is 0.468. The van der Waals surface area contributed by atoms with Crippen molar-refractivity contribution in [2.24, 2.45) is 0 Å². The maximum atomic E-state index is 12.9. The predicted octanol–water partition coefficient (Wildman–Crippen LogP) is 5.35. The van der Waals surface area contributed by atoms with Gasteiger partial charge >= 0.3 is 5.97 Å². The van der Waals surface area contributed by atoms with Gasteiger partial charge in [-0.2, -0.15) is 0 Å². The third kappa shape index (κ3) is 9.34. The third-order valence-corrected chi connectivity index (χ3v) is 7.87. The molecule has 1 unspecified atom stereocenters. The van der Waals surface area contributed by atoms with Crippen LogP contribution in [0.1, 0.15) is 27.0 Å². The largest absolute Gasteiger partial charge is 0.508 e. The lowest BCUT2D eigenvalue weighted by molar-refractivity contribution is -0.139. The van der Waals surface area contributed by atoms with E-state index in [2.05, 4.69) is 5.32 Å². The minimum Gasteiger partial charge on any atom is -0.508 e. The molecule has 206 valence electrons. The number of benzene rings is 3. The molecule has 3 rings (SSSR count). The lowest BCUT2D eigenvalue weighted by Gasteiger charge is -2.16. The SMILES string of the molecule is CS(=O)(=O)c1cccc(C[C@H](NC(=O)c2c(Cl)cc(/C=C/POCCc3cccc(O)c3)cc2Cl)C(=O)O)c1. The first-order valence-electron chi connectivity index (χ1n) is 11.6. The third-order valence-electron chi connectivity index (χ3n) is 5.49. The molecule has 0 bridgehead atoms. The quantitative estimate of drug-likeness (QED) is 0.186. The van der Waals surface area contributed by atoms with Gasteiger partial charge in [-0.25, -0.2) is 13.2 Å². The summed E-state index contributed by atoms with van der Waals surface area (Å²) < 4.78 is 29.2. The van der Waals surface area contributed by atoms with Crippen molar-refractivity contribution in [2.75, 3.05) is 12.9 Å². The Morgan fingerprint density at radius 1 is 1.05 bits per heavy atom. The predicted molar refractivity (Wildman–Crippen MR) is 154 cm³/mol. The van der Waals surface area contributed by atoms with Crippen LogP contribution in [0.15, 0.2) is 71.4 Å². The molecule has 0 aliphatic heterocycles. The average molecular weight is 610 g/mol. The molecular weight excluding hydrogens is 584 g/mol. The molecule has 0 spiro atoms. The van der Waals surface area contributed by atoms with E-state index in [1.165, 1.54) is 30.3 Å². The van der Waals surface area contributed by atoms with Crippen LogP contribution in [0.4, 0.5) is 0 Å². The summed E-state index contributed by atoms with van der Waals surface area (Å²) >= 11 is 12.6. The van der Waals surface area contributed by atoms with Crippen LogP contribution in [0.25, 0.3) is 6.08 Å². The van der Waals surface area contributed by atoms with E-state index in [9.17, 15) is 28.2 Å². The van der Waals surface area contributed by atoms with Crippen LogP contribution in [-0.2, 0) is 32.0 Å². The Morgan fingerprint density at radius 2 is 1.72 bits per heavy atom. The van der Waals surface area contributed by atoms with Crippen LogP contribution in [0.3, 0.4) is 0 Å². The number of carbonyl (C=O) groups excluding carboxylic acids is 1. The van der Waals surface area contributed by atoms with Crippen LogP contribution in [0.5, 0.6) is 5.75 Å². The van der Waals surface area contributed by atoms with Crippen molar-refractivity contribution >= 4 is 59.8 Å². The molecule has 0 aromatic heterocycles. The Kier molecular flexibility index (Phi) is 10.9. The summed E-state index contributed by atoms with van der Waals surface area (Å²) in [4.78, 5) is 24.8. The summed E-state index contributed by atoms with van der Waals surface area (Å²) in [6.07, 6.45) is 3.29. The molecule has 0 aliphatic rings. The van der Waals surface area contributed by atoms with Gasteiger partial charge in [0.05, 0.1) is 27.1 Å². The van der Waals surface area contributed by atoms with Crippen molar-refractivity contribution < 1.29 is 32.7 Å². The number of amides is 1. The molecule has 0 aliphatic carbocycles. The lowest BCUT2D eigenvalue weighted by atomic mass is 10.0. The molecule has 0 radical (unpaired) electrons. The number of carbonyl (C=O) groups is 2. The molecule has 0 saturated carbocycles. The second-order valence-electron chi connectivity index (χ2n) is 8.57. The zero-order valence-corrected chi connectivity index (χ0v) is 24.1. The fourth-order valence-electron chi connectivity index (χ4n) is 3.59. The molecule has 1 amide bonds. The molecule has 3 aromatic carbocycles. The minimum atomic E-state index is -3.48. The average Bonchev–Trinajstić information content (AvgIpc) is 2.85. The Bertz CT molecular complexity index is 1470. The number of nitrogens with one attached hydrogen (secondary N) is 1. The number of carboxylic acid groups (broad SMARTS) is 1. The number of halogens is 2. The van der Waals surface area contributed by atoms with E-state index in [4.69, 9.17) is 27.7 Å². The normalized spacial score (nSPS) is 12.7. The van der Waals surface area contributed by atoms with E-state index < -0.39 is 27.8 Å².